The molecule has 190 valence electrons. The summed E-state index contributed by atoms with van der Waals surface area (Å²) in [5.41, 5.74) is -1.81. The summed E-state index contributed by atoms with van der Waals surface area (Å²) >= 11 is 0. The van der Waals surface area contributed by atoms with Crippen LogP contribution in [0.2, 0.25) is 0 Å². The molecule has 0 unspecified atom stereocenters. The van der Waals surface area contributed by atoms with Gasteiger partial charge >= 0.3 is 17.8 Å². The smallest absolute Gasteiger partial charge is 0.494 e. The summed E-state index contributed by atoms with van der Waals surface area (Å²) in [7, 11) is 0. The summed E-state index contributed by atoms with van der Waals surface area (Å²) in [6.07, 6.45) is 6.72. The highest BCUT2D eigenvalue weighted by Gasteiger charge is 2.31. The molecule has 3 rings (SSSR count). The fourth-order valence-corrected chi connectivity index (χ4v) is 4.61. The van der Waals surface area contributed by atoms with E-state index in [1.54, 1.807) is 6.92 Å². The summed E-state index contributed by atoms with van der Waals surface area (Å²) in [6, 6.07) is -0.538. The number of rotatable bonds is 6. The second-order valence-corrected chi connectivity index (χ2v) is 8.38. The van der Waals surface area contributed by atoms with Crippen LogP contribution in [0, 0.1) is 0 Å². The zero-order valence-corrected chi connectivity index (χ0v) is 19.3. The molecule has 0 bridgehead atoms. The van der Waals surface area contributed by atoms with E-state index in [0.717, 1.165) is 43.1 Å². The van der Waals surface area contributed by atoms with Crippen molar-refractivity contribution in [1.29, 1.82) is 0 Å². The molecule has 1 aromatic heterocycles. The first-order chi connectivity index (χ1) is 16.2. The number of amides is 1. The van der Waals surface area contributed by atoms with E-state index in [1.165, 1.54) is 4.57 Å². The van der Waals surface area contributed by atoms with Crippen LogP contribution in [0.25, 0.3) is 0 Å². The SMILES string of the molecule is CCOC(=O)CNC(=O)c1c(O)n(C2CCCCC2)c(=O)n(C2CCCCC2)c1=O.O=C(O)O. The number of aromatic nitrogens is 2. The lowest BCUT2D eigenvalue weighted by Gasteiger charge is -2.29. The molecule has 2 aliphatic carbocycles. The molecule has 12 heteroatoms. The molecule has 2 fully saturated rings. The minimum Gasteiger partial charge on any atom is -0.494 e. The van der Waals surface area contributed by atoms with Crippen LogP contribution in [0.5, 0.6) is 5.88 Å². The average molecular weight is 484 g/mol. The van der Waals surface area contributed by atoms with Crippen LogP contribution >= 0.6 is 0 Å². The summed E-state index contributed by atoms with van der Waals surface area (Å²) < 4.78 is 7.18. The molecule has 0 aromatic carbocycles. The van der Waals surface area contributed by atoms with Gasteiger partial charge in [0.25, 0.3) is 11.5 Å². The fraction of sp³-hybridized carbons (Fsp3) is 0.682. The minimum atomic E-state index is -1.83. The first-order valence-electron chi connectivity index (χ1n) is 11.6. The third kappa shape index (κ3) is 6.84. The van der Waals surface area contributed by atoms with Gasteiger partial charge in [0, 0.05) is 12.1 Å². The maximum atomic E-state index is 13.3. The van der Waals surface area contributed by atoms with Gasteiger partial charge < -0.3 is 25.4 Å². The monoisotopic (exact) mass is 483 g/mol. The summed E-state index contributed by atoms with van der Waals surface area (Å²) in [5, 5.41) is 27.1. The van der Waals surface area contributed by atoms with Gasteiger partial charge in [-0.3, -0.25) is 23.5 Å². The Hall–Kier alpha value is -3.31. The summed E-state index contributed by atoms with van der Waals surface area (Å²) in [6.45, 7) is 1.40. The lowest BCUT2D eigenvalue weighted by molar-refractivity contribution is -0.141. The van der Waals surface area contributed by atoms with Gasteiger partial charge in [-0.15, -0.1) is 0 Å². The lowest BCUT2D eigenvalue weighted by atomic mass is 9.94. The number of hydrogen-bond donors (Lipinski definition) is 4. The topological polar surface area (TPSA) is 177 Å². The zero-order chi connectivity index (χ0) is 25.3. The highest BCUT2D eigenvalue weighted by molar-refractivity contribution is 5.97. The van der Waals surface area contributed by atoms with E-state index in [2.05, 4.69) is 5.32 Å². The van der Waals surface area contributed by atoms with Crippen LogP contribution in [-0.2, 0) is 9.53 Å². The second kappa shape index (κ2) is 12.8. The van der Waals surface area contributed by atoms with Gasteiger partial charge in [-0.2, -0.15) is 0 Å². The van der Waals surface area contributed by atoms with Crippen LogP contribution in [0.4, 0.5) is 4.79 Å². The van der Waals surface area contributed by atoms with Gasteiger partial charge in [0.2, 0.25) is 5.88 Å². The molecule has 0 spiro atoms. The summed E-state index contributed by atoms with van der Waals surface area (Å²) in [4.78, 5) is 59.4. The van der Waals surface area contributed by atoms with Crippen molar-refractivity contribution < 1.29 is 34.4 Å². The second-order valence-electron chi connectivity index (χ2n) is 8.38. The van der Waals surface area contributed by atoms with Crippen LogP contribution < -0.4 is 16.6 Å². The Bertz CT molecular complexity index is 983. The molecule has 0 radical (unpaired) electrons. The first kappa shape index (κ1) is 26.9. The van der Waals surface area contributed by atoms with Gasteiger partial charge in [0.05, 0.1) is 6.61 Å². The Balaban J connectivity index is 0.000000945. The Morgan fingerprint density at radius 2 is 1.38 bits per heavy atom. The zero-order valence-electron chi connectivity index (χ0n) is 19.3. The average Bonchev–Trinajstić information content (AvgIpc) is 2.79. The third-order valence-electron chi connectivity index (χ3n) is 6.10. The van der Waals surface area contributed by atoms with E-state index in [1.807, 2.05) is 0 Å². The molecule has 1 heterocycles. The fourth-order valence-electron chi connectivity index (χ4n) is 4.61. The Morgan fingerprint density at radius 1 is 0.912 bits per heavy atom. The molecule has 2 saturated carbocycles. The maximum Gasteiger partial charge on any atom is 0.503 e. The molecule has 34 heavy (non-hydrogen) atoms. The van der Waals surface area contributed by atoms with E-state index < -0.39 is 47.3 Å². The number of carbonyl (C=O) groups is 3. The number of ether oxygens (including phenoxy) is 1. The number of nitrogens with one attached hydrogen (secondary N) is 1. The van der Waals surface area contributed by atoms with Crippen molar-refractivity contribution in [2.24, 2.45) is 0 Å². The van der Waals surface area contributed by atoms with E-state index in [4.69, 9.17) is 19.7 Å². The first-order valence-corrected chi connectivity index (χ1v) is 11.6. The predicted octanol–water partition coefficient (Wildman–Crippen LogP) is 2.24. The Kier molecular flexibility index (Phi) is 10.1. The number of aromatic hydroxyl groups is 1. The van der Waals surface area contributed by atoms with Gasteiger partial charge in [0.1, 0.15) is 6.54 Å². The summed E-state index contributed by atoms with van der Waals surface area (Å²) in [5.74, 6) is -2.12. The molecule has 1 amide bonds. The highest BCUT2D eigenvalue weighted by atomic mass is 16.6. The molecule has 2 aliphatic rings. The van der Waals surface area contributed by atoms with Crippen molar-refractivity contribution in [2.75, 3.05) is 13.2 Å². The molecule has 12 nitrogen and oxygen atoms in total. The third-order valence-corrected chi connectivity index (χ3v) is 6.10. The van der Waals surface area contributed by atoms with Crippen LogP contribution in [0.3, 0.4) is 0 Å². The van der Waals surface area contributed by atoms with E-state index in [-0.39, 0.29) is 18.7 Å². The molecular weight excluding hydrogens is 450 g/mol. The number of nitrogens with zero attached hydrogens (tertiary/aromatic N) is 2. The van der Waals surface area contributed by atoms with E-state index in [0.29, 0.717) is 25.7 Å². The molecule has 4 N–H and O–H groups in total. The van der Waals surface area contributed by atoms with Crippen molar-refractivity contribution >= 4 is 18.0 Å². The maximum absolute atomic E-state index is 13.3. The van der Waals surface area contributed by atoms with Gasteiger partial charge in [-0.25, -0.2) is 9.59 Å². The minimum absolute atomic E-state index is 0.168. The Morgan fingerprint density at radius 3 is 1.85 bits per heavy atom. The van der Waals surface area contributed by atoms with Gasteiger partial charge in [-0.1, -0.05) is 38.5 Å². The number of carboxylic acid groups (broad SMARTS) is 2. The van der Waals surface area contributed by atoms with Gasteiger partial charge in [0.15, 0.2) is 5.56 Å². The molecule has 0 saturated heterocycles. The highest BCUT2D eigenvalue weighted by Crippen LogP contribution is 2.31. The van der Waals surface area contributed by atoms with Crippen LogP contribution in [0.1, 0.15) is 93.6 Å². The van der Waals surface area contributed by atoms with Crippen LogP contribution in [-0.4, -0.2) is 55.6 Å². The predicted molar refractivity (Wildman–Crippen MR) is 120 cm³/mol. The molecular formula is C22H33N3O9. The number of esters is 1. The Labute approximate surface area is 196 Å². The van der Waals surface area contributed by atoms with Crippen molar-refractivity contribution in [3.63, 3.8) is 0 Å². The number of hydrogen-bond acceptors (Lipinski definition) is 7. The van der Waals surface area contributed by atoms with Crippen molar-refractivity contribution in [2.45, 2.75) is 83.2 Å². The molecule has 1 aromatic rings. The largest absolute Gasteiger partial charge is 0.503 e. The molecule has 0 atom stereocenters. The van der Waals surface area contributed by atoms with Gasteiger partial charge in [-0.05, 0) is 32.6 Å². The quantitative estimate of drug-likeness (QED) is 0.442. The van der Waals surface area contributed by atoms with E-state index >= 15 is 0 Å². The van der Waals surface area contributed by atoms with Crippen LogP contribution in [0.15, 0.2) is 9.59 Å². The van der Waals surface area contributed by atoms with Crippen molar-refractivity contribution in [1.82, 2.24) is 14.5 Å². The van der Waals surface area contributed by atoms with E-state index in [9.17, 15) is 24.3 Å². The number of carbonyl (C=O) groups excluding carboxylic acids is 2. The lowest BCUT2D eigenvalue weighted by Crippen LogP contribution is -2.47. The molecule has 0 aliphatic heterocycles. The standard InChI is InChI=1S/C21H31N3O6.CH2O3/c1-2-30-16(25)13-22-18(26)17-19(27)23(14-9-5-3-6-10-14)21(29)24(20(17)28)15-11-7-4-8-12-15;2-1(3)4/h14-15,27H,2-13H2,1H3,(H,22,26);(H2,2,3,4). The van der Waals surface area contributed by atoms with Crippen molar-refractivity contribution in [3.05, 3.63) is 26.4 Å². The van der Waals surface area contributed by atoms with Crippen molar-refractivity contribution in [3.8, 4) is 5.88 Å². The normalized spacial score (nSPS) is 16.7.